The number of carboxylic acid groups (broad SMARTS) is 1. The summed E-state index contributed by atoms with van der Waals surface area (Å²) in [6.07, 6.45) is 0.895. The van der Waals surface area contributed by atoms with Crippen LogP contribution in [0.25, 0.3) is 0 Å². The second kappa shape index (κ2) is 7.75. The first-order valence-corrected chi connectivity index (χ1v) is 9.33. The Labute approximate surface area is 145 Å². The molecule has 25 heavy (non-hydrogen) atoms. The molecule has 0 aromatic heterocycles. The molecule has 1 fully saturated rings. The number of Topliss-reactive ketones (excluding diaryl/α,β-unsaturated/α-hetero) is 1. The smallest absolute Gasteiger partial charge is 0.326 e. The summed E-state index contributed by atoms with van der Waals surface area (Å²) in [5.74, 6) is -1.70. The second-order valence-corrected chi connectivity index (χ2v) is 7.58. The average molecular weight is 368 g/mol. The molecule has 1 atom stereocenters. The predicted molar refractivity (Wildman–Crippen MR) is 88.6 cm³/mol. The summed E-state index contributed by atoms with van der Waals surface area (Å²) in [6, 6.07) is 4.78. The molecule has 1 amide bonds. The van der Waals surface area contributed by atoms with Crippen molar-refractivity contribution in [2.45, 2.75) is 37.1 Å². The Hall–Kier alpha value is -2.26. The first-order valence-electron chi connectivity index (χ1n) is 7.85. The van der Waals surface area contributed by atoms with E-state index in [1.807, 2.05) is 0 Å². The topological polar surface area (TPSA) is 121 Å². The molecule has 1 aliphatic heterocycles. The molecule has 0 saturated carbocycles. The summed E-state index contributed by atoms with van der Waals surface area (Å²) in [4.78, 5) is 35.8. The van der Waals surface area contributed by atoms with E-state index in [2.05, 4.69) is 4.72 Å². The molecule has 8 nitrogen and oxygen atoms in total. The summed E-state index contributed by atoms with van der Waals surface area (Å²) < 4.78 is 26.8. The lowest BCUT2D eigenvalue weighted by Crippen LogP contribution is -2.41. The highest BCUT2D eigenvalue weighted by atomic mass is 32.2. The number of amides is 1. The standard InChI is InChI=1S/C16H20N2O6S/c1-11(19)12-4-2-5-13(10-12)25(23,24)17-8-7-15(20)18-9-3-6-14(18)16(21)22/h2,4-5,10,14,17H,3,6-9H2,1H3,(H,21,22). The van der Waals surface area contributed by atoms with E-state index in [0.717, 1.165) is 0 Å². The van der Waals surface area contributed by atoms with Gasteiger partial charge in [0.05, 0.1) is 4.90 Å². The number of benzene rings is 1. The van der Waals surface area contributed by atoms with Gasteiger partial charge in [-0.15, -0.1) is 0 Å². The third-order valence-electron chi connectivity index (χ3n) is 4.04. The number of nitrogens with zero attached hydrogens (tertiary/aromatic N) is 1. The van der Waals surface area contributed by atoms with Crippen LogP contribution >= 0.6 is 0 Å². The molecule has 9 heteroatoms. The summed E-state index contributed by atoms with van der Waals surface area (Å²) in [7, 11) is -3.85. The van der Waals surface area contributed by atoms with E-state index in [0.29, 0.717) is 19.4 Å². The van der Waals surface area contributed by atoms with Gasteiger partial charge in [0.1, 0.15) is 6.04 Å². The minimum absolute atomic E-state index is 0.0581. The van der Waals surface area contributed by atoms with Gasteiger partial charge in [0.15, 0.2) is 5.78 Å². The van der Waals surface area contributed by atoms with E-state index in [9.17, 15) is 22.8 Å². The molecule has 1 heterocycles. The summed E-state index contributed by atoms with van der Waals surface area (Å²) >= 11 is 0. The van der Waals surface area contributed by atoms with Gasteiger partial charge in [-0.1, -0.05) is 12.1 Å². The average Bonchev–Trinajstić information content (AvgIpc) is 3.04. The van der Waals surface area contributed by atoms with Gasteiger partial charge < -0.3 is 10.0 Å². The second-order valence-electron chi connectivity index (χ2n) is 5.82. The van der Waals surface area contributed by atoms with Gasteiger partial charge in [-0.3, -0.25) is 9.59 Å². The Morgan fingerprint density at radius 3 is 2.68 bits per heavy atom. The molecule has 0 aliphatic carbocycles. The van der Waals surface area contributed by atoms with Crippen molar-refractivity contribution in [2.75, 3.05) is 13.1 Å². The monoisotopic (exact) mass is 368 g/mol. The molecule has 1 saturated heterocycles. The van der Waals surface area contributed by atoms with Gasteiger partial charge in [0.2, 0.25) is 15.9 Å². The van der Waals surface area contributed by atoms with Crippen molar-refractivity contribution >= 4 is 27.7 Å². The zero-order valence-electron chi connectivity index (χ0n) is 13.8. The van der Waals surface area contributed by atoms with E-state index in [1.165, 1.54) is 36.1 Å². The highest BCUT2D eigenvalue weighted by Crippen LogP contribution is 2.18. The van der Waals surface area contributed by atoms with Crippen LogP contribution in [0.1, 0.15) is 36.5 Å². The van der Waals surface area contributed by atoms with E-state index in [1.54, 1.807) is 0 Å². The highest BCUT2D eigenvalue weighted by molar-refractivity contribution is 7.89. The zero-order valence-corrected chi connectivity index (χ0v) is 14.6. The third-order valence-corrected chi connectivity index (χ3v) is 5.50. The Balaban J connectivity index is 1.96. The molecule has 136 valence electrons. The Bertz CT molecular complexity index is 790. The molecule has 2 rings (SSSR count). The minimum atomic E-state index is -3.85. The van der Waals surface area contributed by atoms with Crippen molar-refractivity contribution in [3.8, 4) is 0 Å². The van der Waals surface area contributed by atoms with E-state index in [-0.39, 0.29) is 29.2 Å². The molecule has 1 aliphatic rings. The lowest BCUT2D eigenvalue weighted by Gasteiger charge is -2.21. The van der Waals surface area contributed by atoms with Gasteiger partial charge in [0, 0.05) is 25.1 Å². The number of nitrogens with one attached hydrogen (secondary N) is 1. The van der Waals surface area contributed by atoms with Gasteiger partial charge >= 0.3 is 5.97 Å². The van der Waals surface area contributed by atoms with Crippen molar-refractivity contribution in [3.63, 3.8) is 0 Å². The van der Waals surface area contributed by atoms with Crippen LogP contribution in [-0.4, -0.2) is 55.2 Å². The van der Waals surface area contributed by atoms with Crippen LogP contribution in [0.15, 0.2) is 29.2 Å². The van der Waals surface area contributed by atoms with E-state index in [4.69, 9.17) is 5.11 Å². The summed E-state index contributed by atoms with van der Waals surface area (Å²) in [6.45, 7) is 1.56. The largest absolute Gasteiger partial charge is 0.480 e. The minimum Gasteiger partial charge on any atom is -0.480 e. The van der Waals surface area contributed by atoms with Crippen molar-refractivity contribution in [1.29, 1.82) is 0 Å². The van der Waals surface area contributed by atoms with Crippen LogP contribution in [0, 0.1) is 0 Å². The maximum atomic E-state index is 12.2. The van der Waals surface area contributed by atoms with Gasteiger partial charge in [-0.05, 0) is 31.9 Å². The molecular weight excluding hydrogens is 348 g/mol. The fourth-order valence-corrected chi connectivity index (χ4v) is 3.80. The number of carboxylic acids is 1. The number of hydrogen-bond donors (Lipinski definition) is 2. The van der Waals surface area contributed by atoms with E-state index >= 15 is 0 Å². The van der Waals surface area contributed by atoms with Crippen LogP contribution in [0.4, 0.5) is 0 Å². The van der Waals surface area contributed by atoms with Crippen LogP contribution in [0.3, 0.4) is 0 Å². The van der Waals surface area contributed by atoms with E-state index < -0.39 is 27.9 Å². The van der Waals surface area contributed by atoms with Crippen LogP contribution in [0.2, 0.25) is 0 Å². The fraction of sp³-hybridized carbons (Fsp3) is 0.438. The number of rotatable bonds is 7. The molecule has 0 radical (unpaired) electrons. The third kappa shape index (κ3) is 4.64. The highest BCUT2D eigenvalue weighted by Gasteiger charge is 2.33. The van der Waals surface area contributed by atoms with Gasteiger partial charge in [0.25, 0.3) is 0 Å². The van der Waals surface area contributed by atoms with Gasteiger partial charge in [-0.25, -0.2) is 17.9 Å². The van der Waals surface area contributed by atoms with Gasteiger partial charge in [-0.2, -0.15) is 0 Å². The number of hydrogen-bond acceptors (Lipinski definition) is 5. The number of aliphatic carboxylic acids is 1. The predicted octanol–water partition coefficient (Wildman–Crippen LogP) is 0.633. The first-order chi connectivity index (χ1) is 11.7. The first kappa shape index (κ1) is 19.1. The number of carbonyl (C=O) groups excluding carboxylic acids is 2. The SMILES string of the molecule is CC(=O)c1cccc(S(=O)(=O)NCCC(=O)N2CCCC2C(=O)O)c1. The number of ketones is 1. The number of sulfonamides is 1. The Kier molecular flexibility index (Phi) is 5.91. The quantitative estimate of drug-likeness (QED) is 0.681. The maximum absolute atomic E-state index is 12.2. The lowest BCUT2D eigenvalue weighted by atomic mass is 10.2. The van der Waals surface area contributed by atoms with Crippen molar-refractivity contribution < 1.29 is 27.9 Å². The maximum Gasteiger partial charge on any atom is 0.326 e. The normalized spacial score (nSPS) is 17.5. The summed E-state index contributed by atoms with van der Waals surface area (Å²) in [5, 5.41) is 9.07. The molecule has 1 aromatic rings. The lowest BCUT2D eigenvalue weighted by molar-refractivity contribution is -0.148. The van der Waals surface area contributed by atoms with Crippen LogP contribution < -0.4 is 4.72 Å². The molecule has 1 unspecified atom stereocenters. The van der Waals surface area contributed by atoms with Crippen molar-refractivity contribution in [2.24, 2.45) is 0 Å². The van der Waals surface area contributed by atoms with Crippen molar-refractivity contribution in [3.05, 3.63) is 29.8 Å². The zero-order chi connectivity index (χ0) is 18.6. The van der Waals surface area contributed by atoms with Crippen molar-refractivity contribution in [1.82, 2.24) is 9.62 Å². The fourth-order valence-electron chi connectivity index (χ4n) is 2.72. The number of carbonyl (C=O) groups is 3. The molecular formula is C16H20N2O6S. The van der Waals surface area contributed by atoms with Crippen LogP contribution in [-0.2, 0) is 19.6 Å². The molecule has 2 N–H and O–H groups in total. The molecule has 0 spiro atoms. The Morgan fingerprint density at radius 1 is 1.32 bits per heavy atom. The molecule has 1 aromatic carbocycles. The summed E-state index contributed by atoms with van der Waals surface area (Å²) in [5.41, 5.74) is 0.278. The Morgan fingerprint density at radius 2 is 2.04 bits per heavy atom. The number of likely N-dealkylation sites (tertiary alicyclic amines) is 1. The van der Waals surface area contributed by atoms with Crippen LogP contribution in [0.5, 0.6) is 0 Å². The molecule has 0 bridgehead atoms.